The number of nitrogens with zero attached hydrogens (tertiary/aromatic N) is 3. The number of halogens is 2. The average Bonchev–Trinajstić information content (AvgIpc) is 3.39. The number of hydrogen-bond acceptors (Lipinski definition) is 7. The van der Waals surface area contributed by atoms with Crippen molar-refractivity contribution in [1.29, 1.82) is 0 Å². The van der Waals surface area contributed by atoms with E-state index in [1.807, 2.05) is 20.8 Å². The smallest absolute Gasteiger partial charge is 0.228 e. The molecule has 0 unspecified atom stereocenters. The van der Waals surface area contributed by atoms with Crippen molar-refractivity contribution in [3.05, 3.63) is 53.4 Å². The van der Waals surface area contributed by atoms with Crippen molar-refractivity contribution in [2.45, 2.75) is 57.1 Å². The number of carbonyl (C=O) groups is 1. The molecule has 3 aromatic rings. The molecule has 1 aliphatic rings. The summed E-state index contributed by atoms with van der Waals surface area (Å²) in [4.78, 5) is 16.9. The third kappa shape index (κ3) is 7.87. The molecule has 1 amide bonds. The SMILES string of the molecule is CC(C)(C)OCCSc1nnc(-c2cc(Cl)ccc2F)cc1Nc1ccnc(NC(=O)C2CCCC2)c1. The fraction of sp³-hybridized carbons (Fsp3) is 0.407. The summed E-state index contributed by atoms with van der Waals surface area (Å²) in [5, 5.41) is 16.0. The molecule has 0 radical (unpaired) electrons. The van der Waals surface area contributed by atoms with Gasteiger partial charge in [0.1, 0.15) is 16.7 Å². The number of amides is 1. The standard InChI is InChI=1S/C27H31ClFN5O2S/c1-27(2,3)36-12-13-37-26-23(16-22(33-34-26)20-14-18(28)8-9-21(20)29)31-19-10-11-30-24(15-19)32-25(35)17-6-4-5-7-17/h8-11,14-17H,4-7,12-13H2,1-3H3,(H2,30,31,32,33,35). The number of thioether (sulfide) groups is 1. The Labute approximate surface area is 226 Å². The maximum absolute atomic E-state index is 14.6. The minimum Gasteiger partial charge on any atom is -0.375 e. The molecule has 37 heavy (non-hydrogen) atoms. The van der Waals surface area contributed by atoms with Gasteiger partial charge in [-0.1, -0.05) is 24.4 Å². The van der Waals surface area contributed by atoms with Crippen molar-refractivity contribution in [3.8, 4) is 11.3 Å². The second kappa shape index (κ2) is 12.2. The van der Waals surface area contributed by atoms with Crippen molar-refractivity contribution >= 4 is 46.5 Å². The van der Waals surface area contributed by atoms with Gasteiger partial charge in [-0.2, -0.15) is 0 Å². The highest BCUT2D eigenvalue weighted by Crippen LogP contribution is 2.33. The first kappa shape index (κ1) is 27.3. The summed E-state index contributed by atoms with van der Waals surface area (Å²) in [6.07, 6.45) is 5.62. The van der Waals surface area contributed by atoms with E-state index in [0.717, 1.165) is 25.7 Å². The van der Waals surface area contributed by atoms with Gasteiger partial charge in [-0.15, -0.1) is 22.0 Å². The number of aromatic nitrogens is 3. The van der Waals surface area contributed by atoms with Gasteiger partial charge in [-0.25, -0.2) is 9.37 Å². The van der Waals surface area contributed by atoms with E-state index in [-0.39, 0.29) is 23.0 Å². The first-order valence-corrected chi connectivity index (χ1v) is 13.7. The molecule has 0 atom stereocenters. The van der Waals surface area contributed by atoms with E-state index in [9.17, 15) is 9.18 Å². The van der Waals surface area contributed by atoms with Gasteiger partial charge in [0.15, 0.2) is 0 Å². The maximum atomic E-state index is 14.6. The first-order valence-electron chi connectivity index (χ1n) is 12.3. The number of anilines is 3. The zero-order valence-corrected chi connectivity index (χ0v) is 22.8. The summed E-state index contributed by atoms with van der Waals surface area (Å²) in [6.45, 7) is 6.55. The molecule has 0 bridgehead atoms. The van der Waals surface area contributed by atoms with Gasteiger partial charge in [-0.3, -0.25) is 4.79 Å². The van der Waals surface area contributed by atoms with Gasteiger partial charge in [0.2, 0.25) is 5.91 Å². The van der Waals surface area contributed by atoms with Crippen LogP contribution in [-0.4, -0.2) is 39.0 Å². The number of nitrogens with one attached hydrogen (secondary N) is 2. The van der Waals surface area contributed by atoms with Crippen LogP contribution in [0.5, 0.6) is 0 Å². The number of carbonyl (C=O) groups excluding carboxylic acids is 1. The van der Waals surface area contributed by atoms with E-state index in [0.29, 0.717) is 45.3 Å². The molecule has 1 aromatic carbocycles. The third-order valence-electron chi connectivity index (χ3n) is 5.84. The Morgan fingerprint density at radius 3 is 2.70 bits per heavy atom. The van der Waals surface area contributed by atoms with Crippen LogP contribution in [0, 0.1) is 11.7 Å². The van der Waals surface area contributed by atoms with Crippen LogP contribution < -0.4 is 10.6 Å². The van der Waals surface area contributed by atoms with Crippen molar-refractivity contribution < 1.29 is 13.9 Å². The molecule has 2 heterocycles. The van der Waals surface area contributed by atoms with E-state index in [4.69, 9.17) is 16.3 Å². The monoisotopic (exact) mass is 543 g/mol. The first-order chi connectivity index (χ1) is 17.7. The van der Waals surface area contributed by atoms with Gasteiger partial charge >= 0.3 is 0 Å². The Hall–Kier alpha value is -2.75. The van der Waals surface area contributed by atoms with Crippen molar-refractivity contribution in [1.82, 2.24) is 15.2 Å². The third-order valence-corrected chi connectivity index (χ3v) is 7.02. The normalized spacial score (nSPS) is 14.1. The molecule has 4 rings (SSSR count). The molecule has 7 nitrogen and oxygen atoms in total. The summed E-state index contributed by atoms with van der Waals surface area (Å²) in [7, 11) is 0. The molecule has 1 saturated carbocycles. The molecule has 1 fully saturated rings. The van der Waals surface area contributed by atoms with E-state index in [1.165, 1.54) is 30.0 Å². The van der Waals surface area contributed by atoms with E-state index in [1.54, 1.807) is 24.4 Å². The highest BCUT2D eigenvalue weighted by atomic mass is 35.5. The van der Waals surface area contributed by atoms with E-state index < -0.39 is 5.82 Å². The molecule has 196 valence electrons. The van der Waals surface area contributed by atoms with Crippen LogP contribution in [0.1, 0.15) is 46.5 Å². The quantitative estimate of drug-likeness (QED) is 0.219. The average molecular weight is 544 g/mol. The van der Waals surface area contributed by atoms with E-state index in [2.05, 4.69) is 25.8 Å². The minimum atomic E-state index is -0.440. The predicted molar refractivity (Wildman–Crippen MR) is 147 cm³/mol. The summed E-state index contributed by atoms with van der Waals surface area (Å²) < 4.78 is 20.4. The van der Waals surface area contributed by atoms with Crippen LogP contribution in [-0.2, 0) is 9.53 Å². The second-order valence-electron chi connectivity index (χ2n) is 9.91. The van der Waals surface area contributed by atoms with Gasteiger partial charge in [-0.05, 0) is 63.9 Å². The molecule has 10 heteroatoms. The number of ether oxygens (including phenoxy) is 1. The molecule has 0 spiro atoms. The number of pyridine rings is 1. The van der Waals surface area contributed by atoms with Crippen LogP contribution in [0.15, 0.2) is 47.6 Å². The number of benzene rings is 1. The largest absolute Gasteiger partial charge is 0.375 e. The fourth-order valence-corrected chi connectivity index (χ4v) is 4.93. The second-order valence-corrected chi connectivity index (χ2v) is 11.4. The van der Waals surface area contributed by atoms with Gasteiger partial charge < -0.3 is 15.4 Å². The number of hydrogen-bond donors (Lipinski definition) is 2. The molecular weight excluding hydrogens is 513 g/mol. The van der Waals surface area contributed by atoms with Gasteiger partial charge in [0, 0.05) is 40.2 Å². The van der Waals surface area contributed by atoms with Crippen molar-refractivity contribution in [2.75, 3.05) is 23.0 Å². The summed E-state index contributed by atoms with van der Waals surface area (Å²) >= 11 is 7.59. The number of rotatable bonds is 9. The Morgan fingerprint density at radius 2 is 1.95 bits per heavy atom. The Balaban J connectivity index is 1.57. The summed E-state index contributed by atoms with van der Waals surface area (Å²) in [5.41, 5.74) is 1.72. The van der Waals surface area contributed by atoms with Crippen LogP contribution in [0.25, 0.3) is 11.3 Å². The van der Waals surface area contributed by atoms with Crippen LogP contribution in [0.2, 0.25) is 5.02 Å². The molecule has 0 aliphatic heterocycles. The Kier molecular flexibility index (Phi) is 9.00. The summed E-state index contributed by atoms with van der Waals surface area (Å²) in [6, 6.07) is 9.63. The molecule has 1 aliphatic carbocycles. The maximum Gasteiger partial charge on any atom is 0.228 e. The molecule has 2 aromatic heterocycles. The predicted octanol–water partition coefficient (Wildman–Crippen LogP) is 7.11. The van der Waals surface area contributed by atoms with Crippen molar-refractivity contribution in [2.24, 2.45) is 5.92 Å². The van der Waals surface area contributed by atoms with Gasteiger partial charge in [0.05, 0.1) is 23.6 Å². The zero-order chi connectivity index (χ0) is 26.4. The Bertz CT molecular complexity index is 1250. The van der Waals surface area contributed by atoms with Crippen LogP contribution >= 0.6 is 23.4 Å². The lowest BCUT2D eigenvalue weighted by molar-refractivity contribution is -0.119. The van der Waals surface area contributed by atoms with Crippen molar-refractivity contribution in [3.63, 3.8) is 0 Å². The topological polar surface area (TPSA) is 89.0 Å². The fourth-order valence-electron chi connectivity index (χ4n) is 4.04. The van der Waals surface area contributed by atoms with Gasteiger partial charge in [0.25, 0.3) is 0 Å². The van der Waals surface area contributed by atoms with E-state index >= 15 is 0 Å². The van der Waals surface area contributed by atoms with Crippen LogP contribution in [0.3, 0.4) is 0 Å². The zero-order valence-electron chi connectivity index (χ0n) is 21.2. The van der Waals surface area contributed by atoms with Crippen LogP contribution in [0.4, 0.5) is 21.6 Å². The highest BCUT2D eigenvalue weighted by Gasteiger charge is 2.23. The minimum absolute atomic E-state index is 0.00142. The molecule has 2 N–H and O–H groups in total. The lowest BCUT2D eigenvalue weighted by Crippen LogP contribution is -2.20. The summed E-state index contributed by atoms with van der Waals surface area (Å²) in [5.74, 6) is 0.727. The lowest BCUT2D eigenvalue weighted by atomic mass is 10.1. The highest BCUT2D eigenvalue weighted by molar-refractivity contribution is 7.99. The lowest BCUT2D eigenvalue weighted by Gasteiger charge is -2.19. The molecular formula is C27H31ClFN5O2S. The Morgan fingerprint density at radius 1 is 1.16 bits per heavy atom. The molecule has 0 saturated heterocycles.